The Morgan fingerprint density at radius 1 is 1.23 bits per heavy atom. The number of ether oxygens (including phenoxy) is 1. The van der Waals surface area contributed by atoms with Crippen molar-refractivity contribution in [3.05, 3.63) is 34.7 Å². The minimum absolute atomic E-state index is 0.223. The third kappa shape index (κ3) is 4.96. The molecule has 0 unspecified atom stereocenters. The van der Waals surface area contributed by atoms with E-state index in [0.717, 1.165) is 61.2 Å². The summed E-state index contributed by atoms with van der Waals surface area (Å²) in [5, 5.41) is 3.21. The number of carbonyl (C=O) groups excluding carboxylic acids is 1. The number of hydrogen-bond donors (Lipinski definition) is 0. The van der Waals surface area contributed by atoms with Gasteiger partial charge in [-0.15, -0.1) is 22.9 Å². The summed E-state index contributed by atoms with van der Waals surface area (Å²) in [7, 11) is 1.67. The predicted octanol–water partition coefficient (Wildman–Crippen LogP) is 3.48. The molecular formula is C19H24ClN3O2S. The van der Waals surface area contributed by atoms with Gasteiger partial charge in [-0.1, -0.05) is 0 Å². The monoisotopic (exact) mass is 393 g/mol. The van der Waals surface area contributed by atoms with Crippen LogP contribution in [0.3, 0.4) is 0 Å². The third-order valence-electron chi connectivity index (χ3n) is 4.55. The molecule has 2 heterocycles. The number of methoxy groups -OCH3 is 1. The second kappa shape index (κ2) is 9.35. The van der Waals surface area contributed by atoms with E-state index < -0.39 is 0 Å². The number of rotatable bonds is 7. The number of hydrogen-bond acceptors (Lipinski definition) is 5. The van der Waals surface area contributed by atoms with Crippen LogP contribution in [-0.4, -0.2) is 59.9 Å². The Morgan fingerprint density at radius 2 is 1.96 bits per heavy atom. The Bertz CT molecular complexity index is 712. The molecule has 0 radical (unpaired) electrons. The van der Waals surface area contributed by atoms with Crippen molar-refractivity contribution in [2.24, 2.45) is 0 Å². The molecule has 0 N–H and O–H groups in total. The molecule has 1 aliphatic heterocycles. The zero-order chi connectivity index (χ0) is 18.4. The topological polar surface area (TPSA) is 45.7 Å². The number of nitrogens with zero attached hydrogens (tertiary/aromatic N) is 3. The molecule has 0 spiro atoms. The van der Waals surface area contributed by atoms with Gasteiger partial charge in [-0.05, 0) is 30.7 Å². The van der Waals surface area contributed by atoms with E-state index in [1.54, 1.807) is 18.4 Å². The molecule has 3 rings (SSSR count). The average molecular weight is 394 g/mol. The Hall–Kier alpha value is -1.63. The van der Waals surface area contributed by atoms with Crippen molar-refractivity contribution < 1.29 is 9.53 Å². The quantitative estimate of drug-likeness (QED) is 0.675. The number of piperazine rings is 1. The lowest BCUT2D eigenvalue weighted by Gasteiger charge is -2.34. The van der Waals surface area contributed by atoms with Crippen molar-refractivity contribution in [1.29, 1.82) is 0 Å². The van der Waals surface area contributed by atoms with E-state index in [1.807, 2.05) is 29.2 Å². The van der Waals surface area contributed by atoms with Gasteiger partial charge in [0.2, 0.25) is 5.91 Å². The van der Waals surface area contributed by atoms with Gasteiger partial charge < -0.3 is 9.64 Å². The van der Waals surface area contributed by atoms with E-state index in [1.165, 1.54) is 0 Å². The Morgan fingerprint density at radius 3 is 2.62 bits per heavy atom. The van der Waals surface area contributed by atoms with E-state index in [9.17, 15) is 4.79 Å². The zero-order valence-electron chi connectivity index (χ0n) is 15.0. The van der Waals surface area contributed by atoms with Gasteiger partial charge in [0.1, 0.15) is 10.8 Å². The maximum Gasteiger partial charge on any atom is 0.222 e. The normalized spacial score (nSPS) is 15.2. The van der Waals surface area contributed by atoms with Crippen LogP contribution in [-0.2, 0) is 11.3 Å². The summed E-state index contributed by atoms with van der Waals surface area (Å²) in [6.07, 6.45) is 1.31. The van der Waals surface area contributed by atoms with E-state index in [0.29, 0.717) is 12.3 Å². The molecule has 7 heteroatoms. The van der Waals surface area contributed by atoms with Crippen molar-refractivity contribution in [3.8, 4) is 17.0 Å². The van der Waals surface area contributed by atoms with Crippen LogP contribution in [0.1, 0.15) is 17.8 Å². The minimum atomic E-state index is 0.223. The fourth-order valence-electron chi connectivity index (χ4n) is 3.00. The summed E-state index contributed by atoms with van der Waals surface area (Å²) in [6, 6.07) is 7.97. The van der Waals surface area contributed by atoms with Crippen LogP contribution in [0.2, 0.25) is 0 Å². The third-order valence-corrected chi connectivity index (χ3v) is 5.65. The summed E-state index contributed by atoms with van der Waals surface area (Å²) >= 11 is 7.36. The van der Waals surface area contributed by atoms with E-state index >= 15 is 0 Å². The highest BCUT2D eigenvalue weighted by molar-refractivity contribution is 7.09. The fourth-order valence-corrected chi connectivity index (χ4v) is 3.98. The Labute approximate surface area is 163 Å². The summed E-state index contributed by atoms with van der Waals surface area (Å²) < 4.78 is 5.20. The lowest BCUT2D eigenvalue weighted by atomic mass is 10.2. The molecule has 140 valence electrons. The van der Waals surface area contributed by atoms with Gasteiger partial charge in [0.05, 0.1) is 19.3 Å². The predicted molar refractivity (Wildman–Crippen MR) is 106 cm³/mol. The first-order chi connectivity index (χ1) is 12.7. The molecule has 1 amide bonds. The van der Waals surface area contributed by atoms with Crippen molar-refractivity contribution in [2.75, 3.05) is 39.2 Å². The minimum Gasteiger partial charge on any atom is -0.497 e. The summed E-state index contributed by atoms with van der Waals surface area (Å²) in [5.74, 6) is 1.62. The SMILES string of the molecule is COc1ccc(-c2csc(CN3CCN(C(=O)CCCCl)CC3)n2)cc1. The molecule has 1 saturated heterocycles. The molecule has 1 fully saturated rings. The summed E-state index contributed by atoms with van der Waals surface area (Å²) in [5.41, 5.74) is 2.10. The maximum absolute atomic E-state index is 12.1. The summed E-state index contributed by atoms with van der Waals surface area (Å²) in [4.78, 5) is 21.1. The number of carbonyl (C=O) groups is 1. The Kier molecular flexibility index (Phi) is 6.88. The van der Waals surface area contributed by atoms with Crippen molar-refractivity contribution in [3.63, 3.8) is 0 Å². The van der Waals surface area contributed by atoms with Crippen LogP contribution >= 0.6 is 22.9 Å². The molecule has 1 aliphatic rings. The van der Waals surface area contributed by atoms with Crippen LogP contribution in [0.4, 0.5) is 0 Å². The van der Waals surface area contributed by atoms with Gasteiger partial charge in [-0.2, -0.15) is 0 Å². The van der Waals surface area contributed by atoms with E-state index in [-0.39, 0.29) is 5.91 Å². The smallest absolute Gasteiger partial charge is 0.222 e. The first-order valence-corrected chi connectivity index (χ1v) is 10.3. The highest BCUT2D eigenvalue weighted by Gasteiger charge is 2.21. The molecule has 1 aromatic heterocycles. The number of alkyl halides is 1. The van der Waals surface area contributed by atoms with Gasteiger partial charge in [-0.25, -0.2) is 4.98 Å². The first kappa shape index (κ1) is 19.1. The van der Waals surface area contributed by atoms with E-state index in [2.05, 4.69) is 10.3 Å². The van der Waals surface area contributed by atoms with Crippen LogP contribution in [0.25, 0.3) is 11.3 Å². The number of halogens is 1. The Balaban J connectivity index is 1.51. The van der Waals surface area contributed by atoms with Gasteiger partial charge in [0.25, 0.3) is 0 Å². The molecule has 0 aliphatic carbocycles. The number of aromatic nitrogens is 1. The summed E-state index contributed by atoms with van der Waals surface area (Å²) in [6.45, 7) is 4.20. The zero-order valence-corrected chi connectivity index (χ0v) is 16.6. The molecular weight excluding hydrogens is 370 g/mol. The highest BCUT2D eigenvalue weighted by Crippen LogP contribution is 2.25. The van der Waals surface area contributed by atoms with Crippen molar-refractivity contribution in [1.82, 2.24) is 14.8 Å². The second-order valence-corrected chi connectivity index (χ2v) is 7.63. The largest absolute Gasteiger partial charge is 0.497 e. The van der Waals surface area contributed by atoms with Gasteiger partial charge in [-0.3, -0.25) is 9.69 Å². The molecule has 2 aromatic rings. The van der Waals surface area contributed by atoms with Crippen LogP contribution in [0.15, 0.2) is 29.6 Å². The number of benzene rings is 1. The van der Waals surface area contributed by atoms with Gasteiger partial charge in [0.15, 0.2) is 0 Å². The van der Waals surface area contributed by atoms with Crippen LogP contribution < -0.4 is 4.74 Å². The van der Waals surface area contributed by atoms with Crippen LogP contribution in [0, 0.1) is 0 Å². The first-order valence-electron chi connectivity index (χ1n) is 8.84. The number of thiazole rings is 1. The lowest BCUT2D eigenvalue weighted by molar-refractivity contribution is -0.133. The standard InChI is InChI=1S/C19H24ClN3O2S/c1-25-16-6-4-15(5-7-16)17-14-26-18(21-17)13-22-9-11-23(12-10-22)19(24)3-2-8-20/h4-7,14H,2-3,8-13H2,1H3. The molecule has 5 nitrogen and oxygen atoms in total. The molecule has 0 atom stereocenters. The fraction of sp³-hybridized carbons (Fsp3) is 0.474. The van der Waals surface area contributed by atoms with Crippen molar-refractivity contribution >= 4 is 28.8 Å². The molecule has 26 heavy (non-hydrogen) atoms. The average Bonchev–Trinajstić information content (AvgIpc) is 3.15. The van der Waals surface area contributed by atoms with Gasteiger partial charge >= 0.3 is 0 Å². The lowest BCUT2D eigenvalue weighted by Crippen LogP contribution is -2.48. The van der Waals surface area contributed by atoms with Crippen molar-refractivity contribution in [2.45, 2.75) is 19.4 Å². The van der Waals surface area contributed by atoms with Gasteiger partial charge in [0, 0.05) is 49.4 Å². The van der Waals surface area contributed by atoms with Crippen LogP contribution in [0.5, 0.6) is 5.75 Å². The van der Waals surface area contributed by atoms with E-state index in [4.69, 9.17) is 21.3 Å². The second-order valence-electron chi connectivity index (χ2n) is 6.30. The highest BCUT2D eigenvalue weighted by atomic mass is 35.5. The molecule has 0 bridgehead atoms. The maximum atomic E-state index is 12.1. The molecule has 0 saturated carbocycles. The number of amides is 1. The molecule has 1 aromatic carbocycles.